The minimum Gasteiger partial charge on any atom is -0.346 e. The number of nitrogens with one attached hydrogen (secondary N) is 1. The molecule has 0 aliphatic heterocycles. The number of rotatable bonds is 5. The molecule has 0 bridgehead atoms. The van der Waals surface area contributed by atoms with Crippen LogP contribution in [-0.4, -0.2) is 18.0 Å². The largest absolute Gasteiger partial charge is 0.389 e. The van der Waals surface area contributed by atoms with Gasteiger partial charge < -0.3 is 5.32 Å². The van der Waals surface area contributed by atoms with Crippen molar-refractivity contribution >= 4 is 17.5 Å². The first-order chi connectivity index (χ1) is 8.77. The van der Waals surface area contributed by atoms with E-state index < -0.39 is 30.5 Å². The second-order valence-corrected chi connectivity index (χ2v) is 4.76. The van der Waals surface area contributed by atoms with E-state index in [1.807, 2.05) is 6.07 Å². The molecule has 1 atom stereocenters. The molecule has 0 fully saturated rings. The quantitative estimate of drug-likeness (QED) is 0.826. The number of halogens is 4. The topological polar surface area (TPSA) is 29.1 Å². The van der Waals surface area contributed by atoms with Crippen molar-refractivity contribution in [2.24, 2.45) is 0 Å². The van der Waals surface area contributed by atoms with Gasteiger partial charge >= 0.3 is 6.18 Å². The molecule has 0 saturated heterocycles. The van der Waals surface area contributed by atoms with Crippen LogP contribution in [0.4, 0.5) is 13.2 Å². The number of benzene rings is 1. The number of carbonyl (C=O) groups is 1. The average Bonchev–Trinajstić information content (AvgIpc) is 2.36. The Morgan fingerprint density at radius 2 is 1.84 bits per heavy atom. The van der Waals surface area contributed by atoms with Crippen LogP contribution in [0.3, 0.4) is 0 Å². The SMILES string of the molecule is CC(CCl)(NC(=O)CCC(F)(F)F)c1ccccc1. The first kappa shape index (κ1) is 15.8. The minimum atomic E-state index is -4.33. The van der Waals surface area contributed by atoms with Gasteiger partial charge in [-0.05, 0) is 12.5 Å². The van der Waals surface area contributed by atoms with Crippen molar-refractivity contribution in [2.75, 3.05) is 5.88 Å². The Bertz CT molecular complexity index is 422. The first-order valence-corrected chi connectivity index (χ1v) is 6.29. The van der Waals surface area contributed by atoms with Crippen LogP contribution < -0.4 is 5.32 Å². The maximum atomic E-state index is 12.0. The molecule has 0 radical (unpaired) electrons. The van der Waals surface area contributed by atoms with E-state index in [1.165, 1.54) is 0 Å². The predicted molar refractivity (Wildman–Crippen MR) is 67.9 cm³/mol. The van der Waals surface area contributed by atoms with Crippen molar-refractivity contribution in [2.45, 2.75) is 31.5 Å². The standard InChI is InChI=1S/C13H15ClF3NO/c1-12(9-14,10-5-3-2-4-6-10)18-11(19)7-8-13(15,16)17/h2-6H,7-9H2,1H3,(H,18,19). The van der Waals surface area contributed by atoms with Gasteiger partial charge in [0.1, 0.15) is 0 Å². The lowest BCUT2D eigenvalue weighted by atomic mass is 9.94. The van der Waals surface area contributed by atoms with Crippen LogP contribution >= 0.6 is 11.6 Å². The number of amides is 1. The third-order valence-electron chi connectivity index (χ3n) is 2.73. The Morgan fingerprint density at radius 3 is 2.32 bits per heavy atom. The molecule has 0 aliphatic rings. The van der Waals surface area contributed by atoms with Gasteiger partial charge in [0.15, 0.2) is 0 Å². The van der Waals surface area contributed by atoms with Gasteiger partial charge in [-0.15, -0.1) is 11.6 Å². The second kappa shape index (κ2) is 6.28. The molecule has 2 nitrogen and oxygen atoms in total. The highest BCUT2D eigenvalue weighted by atomic mass is 35.5. The molecule has 1 amide bonds. The Hall–Kier alpha value is -1.23. The molecule has 1 N–H and O–H groups in total. The third kappa shape index (κ3) is 5.11. The van der Waals surface area contributed by atoms with Gasteiger partial charge in [0.25, 0.3) is 0 Å². The minimum absolute atomic E-state index is 0.0781. The van der Waals surface area contributed by atoms with E-state index in [4.69, 9.17) is 11.6 Å². The fraction of sp³-hybridized carbons (Fsp3) is 0.462. The van der Waals surface area contributed by atoms with E-state index in [2.05, 4.69) is 5.32 Å². The van der Waals surface area contributed by atoms with Crippen molar-refractivity contribution in [1.29, 1.82) is 0 Å². The van der Waals surface area contributed by atoms with Gasteiger partial charge in [0.2, 0.25) is 5.91 Å². The van der Waals surface area contributed by atoms with Crippen LogP contribution in [0.5, 0.6) is 0 Å². The summed E-state index contributed by atoms with van der Waals surface area (Å²) in [7, 11) is 0. The Kier molecular flexibility index (Phi) is 5.23. The molecule has 0 spiro atoms. The zero-order chi connectivity index (χ0) is 14.5. The van der Waals surface area contributed by atoms with Crippen LogP contribution in [0, 0.1) is 0 Å². The Labute approximate surface area is 114 Å². The zero-order valence-corrected chi connectivity index (χ0v) is 11.2. The zero-order valence-electron chi connectivity index (χ0n) is 10.4. The summed E-state index contributed by atoms with van der Waals surface area (Å²) in [5, 5.41) is 2.56. The summed E-state index contributed by atoms with van der Waals surface area (Å²) in [6.07, 6.45) is -6.06. The van der Waals surface area contributed by atoms with E-state index in [-0.39, 0.29) is 5.88 Å². The molecule has 0 aromatic heterocycles. The van der Waals surface area contributed by atoms with Gasteiger partial charge in [0, 0.05) is 12.3 Å². The van der Waals surface area contributed by atoms with Crippen molar-refractivity contribution in [3.8, 4) is 0 Å². The van der Waals surface area contributed by atoms with E-state index in [0.29, 0.717) is 0 Å². The Balaban J connectivity index is 2.69. The van der Waals surface area contributed by atoms with E-state index in [0.717, 1.165) is 5.56 Å². The summed E-state index contributed by atoms with van der Waals surface area (Å²) in [5.74, 6) is -0.585. The van der Waals surface area contributed by atoms with Gasteiger partial charge in [0.05, 0.1) is 12.0 Å². The highest BCUT2D eigenvalue weighted by Gasteiger charge is 2.31. The van der Waals surface area contributed by atoms with Gasteiger partial charge in [-0.2, -0.15) is 13.2 Å². The average molecular weight is 294 g/mol. The monoisotopic (exact) mass is 293 g/mol. The second-order valence-electron chi connectivity index (χ2n) is 4.50. The van der Waals surface area contributed by atoms with Gasteiger partial charge in [-0.1, -0.05) is 30.3 Å². The van der Waals surface area contributed by atoms with Crippen LogP contribution in [0.25, 0.3) is 0 Å². The number of hydrogen-bond acceptors (Lipinski definition) is 1. The van der Waals surface area contributed by atoms with E-state index in [1.54, 1.807) is 31.2 Å². The molecule has 1 aromatic carbocycles. The molecule has 1 unspecified atom stereocenters. The molecular formula is C13H15ClF3NO. The number of carbonyl (C=O) groups excluding carboxylic acids is 1. The lowest BCUT2D eigenvalue weighted by molar-refractivity contribution is -0.144. The highest BCUT2D eigenvalue weighted by Crippen LogP contribution is 2.24. The number of hydrogen-bond donors (Lipinski definition) is 1. The van der Waals surface area contributed by atoms with Crippen LogP contribution in [0.15, 0.2) is 30.3 Å². The van der Waals surface area contributed by atoms with E-state index >= 15 is 0 Å². The molecule has 0 aliphatic carbocycles. The molecule has 1 rings (SSSR count). The molecule has 0 heterocycles. The van der Waals surface area contributed by atoms with Crippen LogP contribution in [-0.2, 0) is 10.3 Å². The summed E-state index contributed by atoms with van der Waals surface area (Å²) in [4.78, 5) is 11.6. The third-order valence-corrected chi connectivity index (χ3v) is 3.26. The lowest BCUT2D eigenvalue weighted by Crippen LogP contribution is -2.45. The molecular weight excluding hydrogens is 279 g/mol. The lowest BCUT2D eigenvalue weighted by Gasteiger charge is -2.29. The fourth-order valence-electron chi connectivity index (χ4n) is 1.61. The molecule has 1 aromatic rings. The Morgan fingerprint density at radius 1 is 1.26 bits per heavy atom. The number of alkyl halides is 4. The fourth-order valence-corrected chi connectivity index (χ4v) is 1.84. The van der Waals surface area contributed by atoms with Crippen molar-refractivity contribution < 1.29 is 18.0 Å². The maximum absolute atomic E-state index is 12.0. The maximum Gasteiger partial charge on any atom is 0.389 e. The summed E-state index contributed by atoms with van der Waals surface area (Å²) in [6.45, 7) is 1.68. The highest BCUT2D eigenvalue weighted by molar-refractivity contribution is 6.18. The molecule has 19 heavy (non-hydrogen) atoms. The van der Waals surface area contributed by atoms with Crippen molar-refractivity contribution in [3.05, 3.63) is 35.9 Å². The summed E-state index contributed by atoms with van der Waals surface area (Å²) < 4.78 is 36.1. The van der Waals surface area contributed by atoms with Gasteiger partial charge in [-0.25, -0.2) is 0 Å². The van der Waals surface area contributed by atoms with Crippen LogP contribution in [0.1, 0.15) is 25.3 Å². The predicted octanol–water partition coefficient (Wildman–Crippen LogP) is 3.60. The summed E-state index contributed by atoms with van der Waals surface area (Å²) in [5.41, 5.74) is -0.115. The van der Waals surface area contributed by atoms with E-state index in [9.17, 15) is 18.0 Å². The smallest absolute Gasteiger partial charge is 0.346 e. The van der Waals surface area contributed by atoms with Crippen molar-refractivity contribution in [3.63, 3.8) is 0 Å². The summed E-state index contributed by atoms with van der Waals surface area (Å²) in [6, 6.07) is 8.91. The molecule has 6 heteroatoms. The molecule has 0 saturated carbocycles. The summed E-state index contributed by atoms with van der Waals surface area (Å²) >= 11 is 5.84. The van der Waals surface area contributed by atoms with Crippen LogP contribution in [0.2, 0.25) is 0 Å². The van der Waals surface area contributed by atoms with Crippen molar-refractivity contribution in [1.82, 2.24) is 5.32 Å². The first-order valence-electron chi connectivity index (χ1n) is 5.76. The van der Waals surface area contributed by atoms with Gasteiger partial charge in [-0.3, -0.25) is 4.79 Å². The molecule has 106 valence electrons. The normalized spacial score (nSPS) is 14.8.